The van der Waals surface area contributed by atoms with E-state index in [0.717, 1.165) is 11.3 Å². The third kappa shape index (κ3) is 3.31. The molecule has 2 aromatic rings. The lowest BCUT2D eigenvalue weighted by atomic mass is 10.2. The SMILES string of the molecule is O=C(O)c1nn2c(c1I)CN(C(=O)OCc1ccccc1)CC2. The Balaban J connectivity index is 1.67. The maximum atomic E-state index is 12.2. The third-order valence-electron chi connectivity index (χ3n) is 3.58. The Labute approximate surface area is 146 Å². The van der Waals surface area contributed by atoms with Gasteiger partial charge in [-0.3, -0.25) is 4.68 Å². The van der Waals surface area contributed by atoms with Gasteiger partial charge in [-0.25, -0.2) is 9.59 Å². The Hall–Kier alpha value is -2.10. The van der Waals surface area contributed by atoms with Gasteiger partial charge in [0.05, 0.1) is 22.4 Å². The van der Waals surface area contributed by atoms with Gasteiger partial charge in [0.15, 0.2) is 5.69 Å². The molecule has 0 unspecified atom stereocenters. The summed E-state index contributed by atoms with van der Waals surface area (Å²) in [6.45, 7) is 1.41. The summed E-state index contributed by atoms with van der Waals surface area (Å²) >= 11 is 1.96. The van der Waals surface area contributed by atoms with Crippen LogP contribution in [0.3, 0.4) is 0 Å². The van der Waals surface area contributed by atoms with Gasteiger partial charge in [0.25, 0.3) is 0 Å². The molecule has 0 aliphatic carbocycles. The van der Waals surface area contributed by atoms with E-state index in [1.165, 1.54) is 0 Å². The van der Waals surface area contributed by atoms with Crippen LogP contribution >= 0.6 is 22.6 Å². The smallest absolute Gasteiger partial charge is 0.410 e. The van der Waals surface area contributed by atoms with E-state index in [1.54, 1.807) is 9.58 Å². The molecule has 0 spiro atoms. The van der Waals surface area contributed by atoms with E-state index in [4.69, 9.17) is 9.84 Å². The number of carbonyl (C=O) groups excluding carboxylic acids is 1. The third-order valence-corrected chi connectivity index (χ3v) is 4.72. The van der Waals surface area contributed by atoms with Crippen molar-refractivity contribution in [2.45, 2.75) is 19.7 Å². The molecular weight excluding hydrogens is 413 g/mol. The number of nitrogens with zero attached hydrogens (tertiary/aromatic N) is 3. The first-order valence-electron chi connectivity index (χ1n) is 7.00. The van der Waals surface area contributed by atoms with Crippen molar-refractivity contribution in [3.63, 3.8) is 0 Å². The summed E-state index contributed by atoms with van der Waals surface area (Å²) in [7, 11) is 0. The van der Waals surface area contributed by atoms with Crippen LogP contribution in [-0.2, 0) is 24.4 Å². The number of ether oxygens (including phenoxy) is 1. The summed E-state index contributed by atoms with van der Waals surface area (Å²) in [5.74, 6) is -1.06. The number of fused-ring (bicyclic) bond motifs is 1. The highest BCUT2D eigenvalue weighted by Gasteiger charge is 2.28. The highest BCUT2D eigenvalue weighted by Crippen LogP contribution is 2.22. The largest absolute Gasteiger partial charge is 0.476 e. The van der Waals surface area contributed by atoms with Gasteiger partial charge in [-0.2, -0.15) is 5.10 Å². The second-order valence-corrected chi connectivity index (χ2v) is 6.18. The van der Waals surface area contributed by atoms with Crippen molar-refractivity contribution >= 4 is 34.7 Å². The number of carboxylic acid groups (broad SMARTS) is 1. The number of carboxylic acids is 1. The van der Waals surface area contributed by atoms with Gasteiger partial charge in [0, 0.05) is 6.54 Å². The molecule has 0 bridgehead atoms. The first-order chi connectivity index (χ1) is 11.1. The fraction of sp³-hybridized carbons (Fsp3) is 0.267. The first kappa shape index (κ1) is 15.8. The Kier molecular flexibility index (Phi) is 4.51. The van der Waals surface area contributed by atoms with E-state index >= 15 is 0 Å². The second kappa shape index (κ2) is 6.57. The number of rotatable bonds is 3. The van der Waals surface area contributed by atoms with Gasteiger partial charge in [-0.05, 0) is 28.2 Å². The molecule has 7 nitrogen and oxygen atoms in total. The van der Waals surface area contributed by atoms with Crippen LogP contribution in [-0.4, -0.2) is 38.4 Å². The van der Waals surface area contributed by atoms with Crippen LogP contribution in [0.15, 0.2) is 30.3 Å². The first-order valence-corrected chi connectivity index (χ1v) is 8.08. The fourth-order valence-corrected chi connectivity index (χ4v) is 3.18. The Morgan fingerprint density at radius 1 is 1.26 bits per heavy atom. The molecule has 3 rings (SSSR count). The van der Waals surface area contributed by atoms with Crippen molar-refractivity contribution in [3.05, 3.63) is 50.9 Å². The number of amides is 1. The van der Waals surface area contributed by atoms with Crippen molar-refractivity contribution in [2.75, 3.05) is 6.54 Å². The second-order valence-electron chi connectivity index (χ2n) is 5.10. The molecule has 0 atom stereocenters. The van der Waals surface area contributed by atoms with Crippen LogP contribution in [0.4, 0.5) is 4.79 Å². The molecular formula is C15H14IN3O4. The van der Waals surface area contributed by atoms with Crippen LogP contribution in [0.25, 0.3) is 0 Å². The summed E-state index contributed by atoms with van der Waals surface area (Å²) in [5, 5.41) is 13.2. The standard InChI is InChI=1S/C15H14IN3O4/c16-12-11-8-18(6-7-19(11)17-13(12)14(20)21)15(22)23-9-10-4-2-1-3-5-10/h1-5H,6-9H2,(H,20,21). The number of benzene rings is 1. The lowest BCUT2D eigenvalue weighted by Crippen LogP contribution is -2.39. The maximum absolute atomic E-state index is 12.2. The number of halogens is 1. The van der Waals surface area contributed by atoms with Crippen molar-refractivity contribution in [3.8, 4) is 0 Å². The molecule has 1 amide bonds. The van der Waals surface area contributed by atoms with Crippen LogP contribution in [0.5, 0.6) is 0 Å². The van der Waals surface area contributed by atoms with Crippen molar-refractivity contribution < 1.29 is 19.4 Å². The predicted octanol–water partition coefficient (Wildman–Crippen LogP) is 2.34. The molecule has 1 aromatic carbocycles. The zero-order valence-electron chi connectivity index (χ0n) is 12.1. The van der Waals surface area contributed by atoms with Gasteiger partial charge in [0.2, 0.25) is 0 Å². The Morgan fingerprint density at radius 3 is 2.70 bits per heavy atom. The van der Waals surface area contributed by atoms with Crippen LogP contribution in [0, 0.1) is 3.57 Å². The minimum Gasteiger partial charge on any atom is -0.476 e. The van der Waals surface area contributed by atoms with E-state index < -0.39 is 12.1 Å². The fourth-order valence-electron chi connectivity index (χ4n) is 2.39. The van der Waals surface area contributed by atoms with Gasteiger partial charge < -0.3 is 14.7 Å². The molecule has 2 heterocycles. The minimum absolute atomic E-state index is 0.0279. The van der Waals surface area contributed by atoms with Crippen molar-refractivity contribution in [1.29, 1.82) is 0 Å². The molecule has 23 heavy (non-hydrogen) atoms. The summed E-state index contributed by atoms with van der Waals surface area (Å²) < 4.78 is 7.53. The Morgan fingerprint density at radius 2 is 2.00 bits per heavy atom. The summed E-state index contributed by atoms with van der Waals surface area (Å²) in [4.78, 5) is 24.9. The van der Waals surface area contributed by atoms with E-state index in [0.29, 0.717) is 23.2 Å². The molecule has 0 saturated carbocycles. The van der Waals surface area contributed by atoms with Crippen LogP contribution < -0.4 is 0 Å². The molecule has 1 aliphatic heterocycles. The van der Waals surface area contributed by atoms with Crippen LogP contribution in [0.2, 0.25) is 0 Å². The molecule has 1 N–H and O–H groups in total. The predicted molar refractivity (Wildman–Crippen MR) is 88.9 cm³/mol. The summed E-state index contributed by atoms with van der Waals surface area (Å²) in [6, 6.07) is 9.46. The molecule has 8 heteroatoms. The highest BCUT2D eigenvalue weighted by atomic mass is 127. The molecule has 1 aromatic heterocycles. The lowest BCUT2D eigenvalue weighted by Gasteiger charge is -2.27. The zero-order chi connectivity index (χ0) is 16.4. The van der Waals surface area contributed by atoms with Crippen molar-refractivity contribution in [2.24, 2.45) is 0 Å². The van der Waals surface area contributed by atoms with E-state index in [1.807, 2.05) is 52.9 Å². The van der Waals surface area contributed by atoms with E-state index in [9.17, 15) is 9.59 Å². The number of aromatic nitrogens is 2. The van der Waals surface area contributed by atoms with Gasteiger partial charge in [-0.15, -0.1) is 0 Å². The normalized spacial score (nSPS) is 13.5. The number of hydrogen-bond donors (Lipinski definition) is 1. The summed E-state index contributed by atoms with van der Waals surface area (Å²) in [6.07, 6.45) is -0.408. The topological polar surface area (TPSA) is 84.7 Å². The summed E-state index contributed by atoms with van der Waals surface area (Å²) in [5.41, 5.74) is 1.68. The number of aromatic carboxylic acids is 1. The zero-order valence-corrected chi connectivity index (χ0v) is 14.3. The molecule has 1 aliphatic rings. The van der Waals surface area contributed by atoms with Gasteiger partial charge in [-0.1, -0.05) is 30.3 Å². The average molecular weight is 427 g/mol. The van der Waals surface area contributed by atoms with Gasteiger partial charge in [0.1, 0.15) is 6.61 Å². The molecule has 0 radical (unpaired) electrons. The number of hydrogen-bond acceptors (Lipinski definition) is 4. The molecule has 0 saturated heterocycles. The van der Waals surface area contributed by atoms with Crippen LogP contribution in [0.1, 0.15) is 21.7 Å². The number of carbonyl (C=O) groups is 2. The Bertz CT molecular complexity index is 745. The minimum atomic E-state index is -1.06. The average Bonchev–Trinajstić information content (AvgIpc) is 2.90. The quantitative estimate of drug-likeness (QED) is 0.761. The molecule has 0 fully saturated rings. The lowest BCUT2D eigenvalue weighted by molar-refractivity contribution is 0.0686. The molecule has 120 valence electrons. The van der Waals surface area contributed by atoms with E-state index in [-0.39, 0.29) is 12.3 Å². The van der Waals surface area contributed by atoms with Crippen molar-refractivity contribution in [1.82, 2.24) is 14.7 Å². The maximum Gasteiger partial charge on any atom is 0.410 e. The van der Waals surface area contributed by atoms with Gasteiger partial charge >= 0.3 is 12.1 Å². The highest BCUT2D eigenvalue weighted by molar-refractivity contribution is 14.1. The van der Waals surface area contributed by atoms with E-state index in [2.05, 4.69) is 5.10 Å². The monoisotopic (exact) mass is 427 g/mol.